The standard InChI is InChI=1S/C20H24N2O2/c1-12-6-7-14(3)17(10-12)20(24)21-11-18(23)22-19-15(4)8-13(2)9-16(19)5/h6-10H,11H2,1-5H3,(H,21,24)(H,22,23). The number of aryl methyl sites for hydroxylation is 5. The summed E-state index contributed by atoms with van der Waals surface area (Å²) in [5.74, 6) is -0.465. The molecule has 2 N–H and O–H groups in total. The maximum Gasteiger partial charge on any atom is 0.251 e. The normalized spacial score (nSPS) is 10.4. The summed E-state index contributed by atoms with van der Waals surface area (Å²) in [7, 11) is 0. The molecule has 0 aliphatic rings. The van der Waals surface area contributed by atoms with Crippen LogP contribution in [0.4, 0.5) is 5.69 Å². The Hall–Kier alpha value is -2.62. The lowest BCUT2D eigenvalue weighted by atomic mass is 10.0. The molecular formula is C20H24N2O2. The Morgan fingerprint density at radius 3 is 2.08 bits per heavy atom. The zero-order valence-electron chi connectivity index (χ0n) is 14.9. The van der Waals surface area contributed by atoms with Crippen LogP contribution in [0, 0.1) is 34.6 Å². The summed E-state index contributed by atoms with van der Waals surface area (Å²) >= 11 is 0. The van der Waals surface area contributed by atoms with Crippen LogP contribution in [-0.4, -0.2) is 18.4 Å². The Balaban J connectivity index is 2.01. The number of rotatable bonds is 4. The van der Waals surface area contributed by atoms with Gasteiger partial charge >= 0.3 is 0 Å². The smallest absolute Gasteiger partial charge is 0.251 e. The Bertz CT molecular complexity index is 771. The lowest BCUT2D eigenvalue weighted by molar-refractivity contribution is -0.115. The van der Waals surface area contributed by atoms with Crippen molar-refractivity contribution < 1.29 is 9.59 Å². The average molecular weight is 324 g/mol. The molecule has 0 heterocycles. The molecule has 0 radical (unpaired) electrons. The molecular weight excluding hydrogens is 300 g/mol. The minimum Gasteiger partial charge on any atom is -0.343 e. The molecule has 2 amide bonds. The highest BCUT2D eigenvalue weighted by Gasteiger charge is 2.12. The van der Waals surface area contributed by atoms with Crippen LogP contribution in [0.25, 0.3) is 0 Å². The van der Waals surface area contributed by atoms with Crippen LogP contribution in [0.1, 0.15) is 38.2 Å². The van der Waals surface area contributed by atoms with Gasteiger partial charge in [0.05, 0.1) is 6.54 Å². The van der Waals surface area contributed by atoms with E-state index in [1.165, 1.54) is 0 Å². The van der Waals surface area contributed by atoms with Gasteiger partial charge in [-0.3, -0.25) is 9.59 Å². The van der Waals surface area contributed by atoms with Crippen molar-refractivity contribution in [3.8, 4) is 0 Å². The fraction of sp³-hybridized carbons (Fsp3) is 0.300. The van der Waals surface area contributed by atoms with E-state index in [1.54, 1.807) is 0 Å². The van der Waals surface area contributed by atoms with E-state index in [9.17, 15) is 9.59 Å². The minimum absolute atomic E-state index is 0.0566. The predicted octanol–water partition coefficient (Wildman–Crippen LogP) is 3.60. The molecule has 0 aliphatic heterocycles. The number of anilines is 1. The Kier molecular flexibility index (Phi) is 5.39. The maximum absolute atomic E-state index is 12.3. The molecule has 24 heavy (non-hydrogen) atoms. The van der Waals surface area contributed by atoms with E-state index < -0.39 is 0 Å². The highest BCUT2D eigenvalue weighted by molar-refractivity contribution is 6.00. The van der Waals surface area contributed by atoms with Crippen LogP contribution in [0.2, 0.25) is 0 Å². The van der Waals surface area contributed by atoms with Crippen molar-refractivity contribution in [2.75, 3.05) is 11.9 Å². The van der Waals surface area contributed by atoms with Crippen molar-refractivity contribution in [3.63, 3.8) is 0 Å². The van der Waals surface area contributed by atoms with E-state index >= 15 is 0 Å². The second-order valence-corrected chi connectivity index (χ2v) is 6.32. The largest absolute Gasteiger partial charge is 0.343 e. The molecule has 0 aromatic heterocycles. The fourth-order valence-electron chi connectivity index (χ4n) is 2.80. The van der Waals surface area contributed by atoms with Crippen LogP contribution in [-0.2, 0) is 4.79 Å². The molecule has 0 aliphatic carbocycles. The van der Waals surface area contributed by atoms with Crippen molar-refractivity contribution in [1.29, 1.82) is 0 Å². The molecule has 2 aromatic carbocycles. The Morgan fingerprint density at radius 1 is 0.833 bits per heavy atom. The van der Waals surface area contributed by atoms with E-state index in [2.05, 4.69) is 10.6 Å². The third-order valence-electron chi connectivity index (χ3n) is 3.99. The predicted molar refractivity (Wildman–Crippen MR) is 97.5 cm³/mol. The molecule has 4 heteroatoms. The highest BCUT2D eigenvalue weighted by atomic mass is 16.2. The molecule has 0 fully saturated rings. The van der Waals surface area contributed by atoms with Crippen molar-refractivity contribution in [2.24, 2.45) is 0 Å². The van der Waals surface area contributed by atoms with Gasteiger partial charge in [-0.2, -0.15) is 0 Å². The van der Waals surface area contributed by atoms with Crippen LogP contribution < -0.4 is 10.6 Å². The van der Waals surface area contributed by atoms with E-state index in [-0.39, 0.29) is 18.4 Å². The van der Waals surface area contributed by atoms with E-state index in [0.717, 1.165) is 33.5 Å². The number of hydrogen-bond donors (Lipinski definition) is 2. The van der Waals surface area contributed by atoms with Gasteiger partial charge in [0.15, 0.2) is 0 Å². The first-order chi connectivity index (χ1) is 11.3. The van der Waals surface area contributed by atoms with Crippen molar-refractivity contribution in [1.82, 2.24) is 5.32 Å². The van der Waals surface area contributed by atoms with Gasteiger partial charge in [-0.25, -0.2) is 0 Å². The molecule has 2 rings (SSSR count). The summed E-state index contributed by atoms with van der Waals surface area (Å²) in [6, 6.07) is 9.75. The number of benzene rings is 2. The van der Waals surface area contributed by atoms with E-state index in [1.807, 2.05) is 65.0 Å². The lowest BCUT2D eigenvalue weighted by Gasteiger charge is -2.13. The van der Waals surface area contributed by atoms with Crippen LogP contribution in [0.5, 0.6) is 0 Å². The van der Waals surface area contributed by atoms with Gasteiger partial charge in [0.2, 0.25) is 5.91 Å². The van der Waals surface area contributed by atoms with Crippen LogP contribution in [0.3, 0.4) is 0 Å². The summed E-state index contributed by atoms with van der Waals surface area (Å²) in [5.41, 5.74) is 6.51. The average Bonchev–Trinajstić information content (AvgIpc) is 2.50. The molecule has 0 saturated heterocycles. The third-order valence-corrected chi connectivity index (χ3v) is 3.99. The number of amides is 2. The van der Waals surface area contributed by atoms with Gasteiger partial charge in [0.25, 0.3) is 5.91 Å². The monoisotopic (exact) mass is 324 g/mol. The molecule has 126 valence electrons. The molecule has 2 aromatic rings. The zero-order chi connectivity index (χ0) is 17.9. The van der Waals surface area contributed by atoms with Gasteiger partial charge < -0.3 is 10.6 Å². The van der Waals surface area contributed by atoms with E-state index in [4.69, 9.17) is 0 Å². The molecule has 0 unspecified atom stereocenters. The van der Waals surface area contributed by atoms with Gasteiger partial charge in [-0.15, -0.1) is 0 Å². The summed E-state index contributed by atoms with van der Waals surface area (Å²) < 4.78 is 0. The Morgan fingerprint density at radius 2 is 1.46 bits per heavy atom. The van der Waals surface area contributed by atoms with Crippen LogP contribution >= 0.6 is 0 Å². The lowest BCUT2D eigenvalue weighted by Crippen LogP contribution is -2.33. The minimum atomic E-state index is -0.233. The summed E-state index contributed by atoms with van der Waals surface area (Å²) in [4.78, 5) is 24.4. The summed E-state index contributed by atoms with van der Waals surface area (Å²) in [5, 5.41) is 5.57. The zero-order valence-corrected chi connectivity index (χ0v) is 14.9. The number of carbonyl (C=O) groups is 2. The van der Waals surface area contributed by atoms with Gasteiger partial charge in [-0.1, -0.05) is 35.4 Å². The molecule has 0 saturated carbocycles. The SMILES string of the molecule is Cc1cc(C)c(NC(=O)CNC(=O)c2cc(C)ccc2C)c(C)c1. The molecule has 4 nitrogen and oxygen atoms in total. The number of carbonyl (C=O) groups excluding carboxylic acids is 2. The van der Waals surface area contributed by atoms with Crippen molar-refractivity contribution in [2.45, 2.75) is 34.6 Å². The summed E-state index contributed by atoms with van der Waals surface area (Å²) in [6.45, 7) is 9.71. The number of nitrogens with one attached hydrogen (secondary N) is 2. The molecule has 0 bridgehead atoms. The number of hydrogen-bond acceptors (Lipinski definition) is 2. The van der Waals surface area contributed by atoms with Crippen molar-refractivity contribution in [3.05, 3.63) is 63.7 Å². The summed E-state index contributed by atoms with van der Waals surface area (Å²) in [6.07, 6.45) is 0. The fourth-order valence-corrected chi connectivity index (χ4v) is 2.80. The first-order valence-corrected chi connectivity index (χ1v) is 8.01. The topological polar surface area (TPSA) is 58.2 Å². The Labute approximate surface area is 143 Å². The third kappa shape index (κ3) is 4.22. The van der Waals surface area contributed by atoms with Gasteiger partial charge in [0, 0.05) is 11.3 Å². The maximum atomic E-state index is 12.3. The second kappa shape index (κ2) is 7.30. The van der Waals surface area contributed by atoms with E-state index in [0.29, 0.717) is 5.56 Å². The molecule has 0 spiro atoms. The first-order valence-electron chi connectivity index (χ1n) is 8.01. The van der Waals surface area contributed by atoms with Crippen molar-refractivity contribution >= 4 is 17.5 Å². The quantitative estimate of drug-likeness (QED) is 0.903. The molecule has 0 atom stereocenters. The first kappa shape index (κ1) is 17.7. The van der Waals surface area contributed by atoms with Crippen LogP contribution in [0.15, 0.2) is 30.3 Å². The van der Waals surface area contributed by atoms with Gasteiger partial charge in [0.1, 0.15) is 0 Å². The highest BCUT2D eigenvalue weighted by Crippen LogP contribution is 2.21. The van der Waals surface area contributed by atoms with Gasteiger partial charge in [-0.05, 0) is 57.4 Å². The second-order valence-electron chi connectivity index (χ2n) is 6.32.